The van der Waals surface area contributed by atoms with Gasteiger partial charge in [-0.3, -0.25) is 28.3 Å². The third kappa shape index (κ3) is 4.79. The van der Waals surface area contributed by atoms with E-state index in [9.17, 15) is 23.5 Å². The molecule has 9 nitrogen and oxygen atoms in total. The van der Waals surface area contributed by atoms with E-state index in [2.05, 4.69) is 4.98 Å². The van der Waals surface area contributed by atoms with Gasteiger partial charge in [-0.05, 0) is 19.7 Å². The summed E-state index contributed by atoms with van der Waals surface area (Å²) in [6.45, 7) is 8.21. The summed E-state index contributed by atoms with van der Waals surface area (Å²) in [5.74, 6) is -1.09. The van der Waals surface area contributed by atoms with Gasteiger partial charge >= 0.3 is 11.7 Å². The fraction of sp³-hybridized carbons (Fsp3) is 0.688. The van der Waals surface area contributed by atoms with E-state index in [0.29, 0.717) is 18.3 Å². The van der Waals surface area contributed by atoms with Crippen LogP contribution in [0.1, 0.15) is 32.1 Å². The molecule has 0 radical (unpaired) electrons. The predicted octanol–water partition coefficient (Wildman–Crippen LogP) is 2.65. The van der Waals surface area contributed by atoms with Crippen LogP contribution in [0.2, 0.25) is 25.8 Å². The van der Waals surface area contributed by atoms with Gasteiger partial charge in [0.25, 0.3) is 18.4 Å². The van der Waals surface area contributed by atoms with Crippen molar-refractivity contribution in [1.29, 1.82) is 0 Å². The molecule has 2 heterocycles. The van der Waals surface area contributed by atoms with Crippen molar-refractivity contribution in [3.05, 3.63) is 32.6 Å². The highest BCUT2D eigenvalue weighted by Gasteiger charge is 2.59. The molecule has 4 atom stereocenters. The number of esters is 1. The highest BCUT2D eigenvalue weighted by atomic mass is 31.1. The van der Waals surface area contributed by atoms with Crippen LogP contribution >= 0.6 is 16.7 Å². The van der Waals surface area contributed by atoms with Crippen molar-refractivity contribution in [2.24, 2.45) is 0 Å². The molecule has 1 fully saturated rings. The van der Waals surface area contributed by atoms with Gasteiger partial charge in [-0.2, -0.15) is 0 Å². The molecule has 1 aliphatic rings. The Kier molecular flexibility index (Phi) is 7.77. The molecule has 156 valence electrons. The number of ether oxygens (including phenoxy) is 2. The fourth-order valence-corrected chi connectivity index (χ4v) is 5.10. The minimum Gasteiger partial charge on any atom is -0.458 e. The van der Waals surface area contributed by atoms with Crippen LogP contribution in [0.15, 0.2) is 15.8 Å². The highest BCUT2D eigenvalue weighted by Crippen LogP contribution is 2.54. The Balaban J connectivity index is 2.69. The molecule has 0 spiro atoms. The normalized spacial score (nSPS) is 26.6. The number of aryl methyl sites for hydroxylation is 1. The molecule has 1 N–H and O–H groups in total. The summed E-state index contributed by atoms with van der Waals surface area (Å²) in [4.78, 5) is 38.4. The topological polar surface area (TPSA) is 125 Å². The third-order valence-corrected chi connectivity index (χ3v) is 6.62. The van der Waals surface area contributed by atoms with E-state index >= 15 is 0 Å². The number of H-pyrrole nitrogens is 1. The minimum absolute atomic E-state index is 0.0676. The molecule has 13 heteroatoms. The molecular formula is C16H24B2N2O7P2. The summed E-state index contributed by atoms with van der Waals surface area (Å²) in [5, 5.41) is 0. The van der Waals surface area contributed by atoms with Crippen LogP contribution in [0.4, 0.5) is 0 Å². The van der Waals surface area contributed by atoms with E-state index in [1.54, 1.807) is 20.6 Å². The molecule has 29 heavy (non-hydrogen) atoms. The van der Waals surface area contributed by atoms with Crippen molar-refractivity contribution in [2.45, 2.75) is 70.9 Å². The molecule has 0 unspecified atom stereocenters. The van der Waals surface area contributed by atoms with Crippen LogP contribution in [0.3, 0.4) is 0 Å². The van der Waals surface area contributed by atoms with Gasteiger partial charge in [0, 0.05) is 24.5 Å². The lowest BCUT2D eigenvalue weighted by Gasteiger charge is -2.35. The standard InChI is InChI=1S/C16H24B2N2O7P2/c1-6-16(8-17(4)28-24)12(18(5)29-25)11(26-10(3)21)14(27-16)20-7-9(2)13(22)19-15(20)23/h7,11-12,14H,6,8H2,1-5H3,(H,19,22,23)/t11-,12+,14+,16-/m1/s1. The SMILES string of the molecule is CC[C@]1(CB(C)P=O)O[C@H](n2cc(C)c(=O)[nH]c2=O)[C@H](OC(C)=O)[C@@H]1B(C)P=O. The zero-order chi connectivity index (χ0) is 21.9. The molecule has 1 saturated heterocycles. The zero-order valence-corrected chi connectivity index (χ0v) is 18.9. The largest absolute Gasteiger partial charge is 0.458 e. The Hall–Kier alpha value is -1.56. The molecule has 0 saturated carbocycles. The Morgan fingerprint density at radius 1 is 1.34 bits per heavy atom. The smallest absolute Gasteiger partial charge is 0.330 e. The van der Waals surface area contributed by atoms with Gasteiger partial charge in [0.05, 0.1) is 22.3 Å². The van der Waals surface area contributed by atoms with E-state index in [-0.39, 0.29) is 23.1 Å². The highest BCUT2D eigenvalue weighted by molar-refractivity contribution is 7.67. The first kappa shape index (κ1) is 23.7. The van der Waals surface area contributed by atoms with Gasteiger partial charge in [0.1, 0.15) is 6.10 Å². The van der Waals surface area contributed by atoms with E-state index < -0.39 is 47.4 Å². The second-order valence-corrected chi connectivity index (χ2v) is 9.63. The van der Waals surface area contributed by atoms with E-state index in [1.807, 2.05) is 6.92 Å². The van der Waals surface area contributed by atoms with E-state index in [0.717, 1.165) is 0 Å². The maximum Gasteiger partial charge on any atom is 0.330 e. The number of nitrogens with zero attached hydrogens (tertiary/aromatic N) is 1. The maximum atomic E-state index is 12.5. The van der Waals surface area contributed by atoms with Gasteiger partial charge in [-0.15, -0.1) is 0 Å². The number of aromatic nitrogens is 2. The van der Waals surface area contributed by atoms with Crippen molar-refractivity contribution in [3.63, 3.8) is 0 Å². The Morgan fingerprint density at radius 3 is 2.52 bits per heavy atom. The lowest BCUT2D eigenvalue weighted by atomic mass is 9.50. The summed E-state index contributed by atoms with van der Waals surface area (Å²) < 4.78 is 36.4. The summed E-state index contributed by atoms with van der Waals surface area (Å²) in [5.41, 5.74) is -1.85. The predicted molar refractivity (Wildman–Crippen MR) is 112 cm³/mol. The van der Waals surface area contributed by atoms with Crippen molar-refractivity contribution in [3.8, 4) is 0 Å². The first-order chi connectivity index (χ1) is 13.6. The molecule has 0 aliphatic carbocycles. The van der Waals surface area contributed by atoms with Gasteiger partial charge in [-0.1, -0.05) is 20.6 Å². The van der Waals surface area contributed by atoms with Crippen LogP contribution in [0, 0.1) is 6.92 Å². The first-order valence-corrected chi connectivity index (χ1v) is 11.2. The van der Waals surface area contributed by atoms with Crippen LogP contribution in [0.25, 0.3) is 0 Å². The number of carbonyl (C=O) groups is 1. The average molecular weight is 440 g/mol. The fourth-order valence-electron chi connectivity index (χ4n) is 4.14. The number of aromatic amines is 1. The van der Waals surface area contributed by atoms with Gasteiger partial charge in [-0.25, -0.2) is 4.79 Å². The second kappa shape index (κ2) is 9.50. The lowest BCUT2D eigenvalue weighted by molar-refractivity contribution is -0.153. The second-order valence-electron chi connectivity index (χ2n) is 7.51. The maximum absolute atomic E-state index is 12.5. The van der Waals surface area contributed by atoms with Crippen LogP contribution in [0.5, 0.6) is 0 Å². The molecule has 1 aromatic rings. The Morgan fingerprint density at radius 2 is 2.00 bits per heavy atom. The Bertz CT molecular complexity index is 908. The van der Waals surface area contributed by atoms with Crippen LogP contribution in [-0.2, 0) is 23.4 Å². The van der Waals surface area contributed by atoms with Crippen LogP contribution in [-0.4, -0.2) is 40.1 Å². The zero-order valence-electron chi connectivity index (χ0n) is 17.1. The molecule has 2 rings (SSSR count). The summed E-state index contributed by atoms with van der Waals surface area (Å²) in [6.07, 6.45) is -0.486. The summed E-state index contributed by atoms with van der Waals surface area (Å²) >= 11 is 0. The van der Waals surface area contributed by atoms with E-state index in [1.165, 1.54) is 17.7 Å². The minimum atomic E-state index is -1.02. The van der Waals surface area contributed by atoms with E-state index in [4.69, 9.17) is 9.47 Å². The molecule has 0 aromatic carbocycles. The van der Waals surface area contributed by atoms with Gasteiger partial charge in [0.15, 0.2) is 6.23 Å². The summed E-state index contributed by atoms with van der Waals surface area (Å²) in [7, 11) is -0.231. The Labute approximate surface area is 172 Å². The van der Waals surface area contributed by atoms with Gasteiger partial charge < -0.3 is 9.47 Å². The van der Waals surface area contributed by atoms with Crippen LogP contribution < -0.4 is 11.2 Å². The lowest BCUT2D eigenvalue weighted by Crippen LogP contribution is -2.42. The van der Waals surface area contributed by atoms with Gasteiger partial charge in [0.2, 0.25) is 0 Å². The summed E-state index contributed by atoms with van der Waals surface area (Å²) in [6, 6.07) is 0. The number of rotatable bonds is 8. The molecule has 1 aliphatic heterocycles. The number of hydrogen-bond acceptors (Lipinski definition) is 7. The average Bonchev–Trinajstić information content (AvgIpc) is 2.97. The van der Waals surface area contributed by atoms with Crippen molar-refractivity contribution < 1.29 is 23.4 Å². The molecule has 0 bridgehead atoms. The monoisotopic (exact) mass is 440 g/mol. The quantitative estimate of drug-likeness (QED) is 0.375. The van der Waals surface area contributed by atoms with Crippen molar-refractivity contribution >= 4 is 35.5 Å². The molecular weight excluding hydrogens is 416 g/mol. The third-order valence-electron chi connectivity index (χ3n) is 5.43. The molecule has 0 amide bonds. The number of carbonyl (C=O) groups excluding carboxylic acids is 1. The van der Waals surface area contributed by atoms with Crippen molar-refractivity contribution in [2.75, 3.05) is 0 Å². The first-order valence-electron chi connectivity index (χ1n) is 9.42. The molecule has 1 aromatic heterocycles. The number of nitrogens with one attached hydrogen (secondary N) is 1. The van der Waals surface area contributed by atoms with Crippen molar-refractivity contribution in [1.82, 2.24) is 9.55 Å². The number of hydrogen-bond donors (Lipinski definition) is 1.